The van der Waals surface area contributed by atoms with E-state index in [4.69, 9.17) is 9.97 Å². The van der Waals surface area contributed by atoms with Crippen LogP contribution in [0.5, 0.6) is 0 Å². The molecule has 4 aromatic heterocycles. The Balaban J connectivity index is 1.30. The number of nitrogens with zero attached hydrogens (tertiary/aromatic N) is 4. The summed E-state index contributed by atoms with van der Waals surface area (Å²) in [5.74, 6) is 0.879. The van der Waals surface area contributed by atoms with Crippen molar-refractivity contribution in [1.29, 1.82) is 0 Å². The molecule has 0 N–H and O–H groups in total. The van der Waals surface area contributed by atoms with Gasteiger partial charge in [0.05, 0.1) is 39.1 Å². The third-order valence-electron chi connectivity index (χ3n) is 8.80. The SMILES string of the molecule is C1=CCCC(n2c3ccccc3c3c4c5ccccc5n(-c5cccc(-c6cccc(-c7ccccc7)n6)n5)c4ccc32)=C1. The van der Waals surface area contributed by atoms with Crippen molar-refractivity contribution in [2.24, 2.45) is 0 Å². The highest BCUT2D eigenvalue weighted by Gasteiger charge is 2.21. The number of rotatable bonds is 4. The zero-order valence-corrected chi connectivity index (χ0v) is 24.1. The van der Waals surface area contributed by atoms with Crippen LogP contribution in [0.4, 0.5) is 0 Å². The lowest BCUT2D eigenvalue weighted by atomic mass is 10.1. The highest BCUT2D eigenvalue weighted by molar-refractivity contribution is 6.29. The minimum Gasteiger partial charge on any atom is -0.313 e. The predicted octanol–water partition coefficient (Wildman–Crippen LogP) is 10.2. The number of para-hydroxylation sites is 2. The van der Waals surface area contributed by atoms with E-state index in [1.54, 1.807) is 0 Å². The summed E-state index contributed by atoms with van der Waals surface area (Å²) in [6.07, 6.45) is 8.79. The quantitative estimate of drug-likeness (QED) is 0.213. The Labute approximate surface area is 254 Å². The molecule has 4 heterocycles. The molecule has 0 fully saturated rings. The number of aromatic nitrogens is 4. The molecule has 208 valence electrons. The van der Waals surface area contributed by atoms with Gasteiger partial charge in [-0.25, -0.2) is 9.97 Å². The molecule has 0 saturated carbocycles. The number of pyridine rings is 2. The summed E-state index contributed by atoms with van der Waals surface area (Å²) in [6, 6.07) is 44.8. The van der Waals surface area contributed by atoms with E-state index in [2.05, 4.69) is 124 Å². The summed E-state index contributed by atoms with van der Waals surface area (Å²) in [7, 11) is 0. The van der Waals surface area contributed by atoms with Crippen LogP contribution in [0.1, 0.15) is 12.8 Å². The van der Waals surface area contributed by atoms with E-state index in [1.165, 1.54) is 38.3 Å². The number of fused-ring (bicyclic) bond motifs is 7. The van der Waals surface area contributed by atoms with Gasteiger partial charge in [0, 0.05) is 32.8 Å². The van der Waals surface area contributed by atoms with Crippen LogP contribution in [0.3, 0.4) is 0 Å². The molecule has 4 aromatic carbocycles. The lowest BCUT2D eigenvalue weighted by Gasteiger charge is -2.14. The van der Waals surface area contributed by atoms with Gasteiger partial charge >= 0.3 is 0 Å². The van der Waals surface area contributed by atoms with Crippen LogP contribution >= 0.6 is 0 Å². The molecular formula is C40H28N4. The van der Waals surface area contributed by atoms with Crippen LogP contribution in [0.25, 0.3) is 77.8 Å². The molecule has 4 nitrogen and oxygen atoms in total. The largest absolute Gasteiger partial charge is 0.313 e. The van der Waals surface area contributed by atoms with Crippen molar-refractivity contribution in [3.63, 3.8) is 0 Å². The first kappa shape index (κ1) is 24.8. The maximum Gasteiger partial charge on any atom is 0.138 e. The van der Waals surface area contributed by atoms with Gasteiger partial charge in [0.2, 0.25) is 0 Å². The van der Waals surface area contributed by atoms with Gasteiger partial charge in [0.15, 0.2) is 0 Å². The van der Waals surface area contributed by atoms with Crippen LogP contribution in [0.2, 0.25) is 0 Å². The Kier molecular flexibility index (Phi) is 5.60. The zero-order chi connectivity index (χ0) is 29.0. The van der Waals surface area contributed by atoms with Gasteiger partial charge in [-0.2, -0.15) is 0 Å². The smallest absolute Gasteiger partial charge is 0.138 e. The monoisotopic (exact) mass is 564 g/mol. The summed E-state index contributed by atoms with van der Waals surface area (Å²) in [4.78, 5) is 10.2. The molecule has 0 radical (unpaired) electrons. The van der Waals surface area contributed by atoms with Crippen LogP contribution in [-0.2, 0) is 0 Å². The molecule has 0 saturated heterocycles. The standard InChI is InChI=1S/C40H28N4/c1-3-13-27(14-4-1)31-19-11-20-32(41-31)33-21-12-24-38(42-33)44-35-23-10-8-18-30(35)40-37(44)26-25-36-39(40)29-17-7-9-22-34(29)43(36)28-15-5-2-6-16-28/h1-5,7-15,17-26H,6,16H2. The minimum atomic E-state index is 0.848. The summed E-state index contributed by atoms with van der Waals surface area (Å²) < 4.78 is 4.77. The van der Waals surface area contributed by atoms with E-state index in [9.17, 15) is 0 Å². The molecule has 0 aliphatic heterocycles. The molecule has 1 aliphatic rings. The maximum absolute atomic E-state index is 5.22. The van der Waals surface area contributed by atoms with Gasteiger partial charge in [0.1, 0.15) is 5.82 Å². The van der Waals surface area contributed by atoms with Crippen LogP contribution < -0.4 is 0 Å². The van der Waals surface area contributed by atoms with Gasteiger partial charge in [-0.1, -0.05) is 91.0 Å². The third kappa shape index (κ3) is 3.78. The van der Waals surface area contributed by atoms with Crippen molar-refractivity contribution in [3.05, 3.63) is 146 Å². The summed E-state index contributed by atoms with van der Waals surface area (Å²) in [5.41, 5.74) is 9.85. The molecule has 0 spiro atoms. The van der Waals surface area contributed by atoms with Crippen LogP contribution in [0, 0.1) is 0 Å². The molecule has 0 bridgehead atoms. The lowest BCUT2D eigenvalue weighted by molar-refractivity contribution is 0.979. The van der Waals surface area contributed by atoms with E-state index < -0.39 is 0 Å². The Hall–Kier alpha value is -5.74. The molecule has 4 heteroatoms. The second-order valence-corrected chi connectivity index (χ2v) is 11.3. The highest BCUT2D eigenvalue weighted by atomic mass is 15.1. The Morgan fingerprint density at radius 1 is 0.477 bits per heavy atom. The van der Waals surface area contributed by atoms with Gasteiger partial charge in [0.25, 0.3) is 0 Å². The van der Waals surface area contributed by atoms with Crippen LogP contribution in [-0.4, -0.2) is 19.1 Å². The third-order valence-corrected chi connectivity index (χ3v) is 8.80. The van der Waals surface area contributed by atoms with Crippen molar-refractivity contribution in [2.45, 2.75) is 12.8 Å². The predicted molar refractivity (Wildman–Crippen MR) is 183 cm³/mol. The number of hydrogen-bond donors (Lipinski definition) is 0. The van der Waals surface area contributed by atoms with Gasteiger partial charge in [-0.3, -0.25) is 4.57 Å². The average Bonchev–Trinajstić information content (AvgIpc) is 3.62. The summed E-state index contributed by atoms with van der Waals surface area (Å²) >= 11 is 0. The van der Waals surface area contributed by atoms with Crippen molar-refractivity contribution in [2.75, 3.05) is 0 Å². The van der Waals surface area contributed by atoms with Crippen molar-refractivity contribution < 1.29 is 0 Å². The van der Waals surface area contributed by atoms with Gasteiger partial charge in [-0.05, 0) is 67.4 Å². The molecule has 0 amide bonds. The lowest BCUT2D eigenvalue weighted by Crippen LogP contribution is -2.00. The van der Waals surface area contributed by atoms with E-state index in [0.29, 0.717) is 0 Å². The first-order chi connectivity index (χ1) is 21.8. The Bertz CT molecular complexity index is 2440. The average molecular weight is 565 g/mol. The molecule has 0 atom stereocenters. The molecule has 44 heavy (non-hydrogen) atoms. The van der Waals surface area contributed by atoms with Gasteiger partial charge < -0.3 is 4.57 Å². The zero-order valence-electron chi connectivity index (χ0n) is 24.1. The topological polar surface area (TPSA) is 35.6 Å². The van der Waals surface area contributed by atoms with E-state index in [-0.39, 0.29) is 0 Å². The fourth-order valence-corrected chi connectivity index (χ4v) is 6.89. The highest BCUT2D eigenvalue weighted by Crippen LogP contribution is 2.42. The second kappa shape index (κ2) is 9.92. The summed E-state index contributed by atoms with van der Waals surface area (Å²) in [6.45, 7) is 0. The van der Waals surface area contributed by atoms with Gasteiger partial charge in [-0.15, -0.1) is 0 Å². The van der Waals surface area contributed by atoms with Crippen LogP contribution in [0.15, 0.2) is 146 Å². The van der Waals surface area contributed by atoms with E-state index in [0.717, 1.165) is 52.3 Å². The fraction of sp³-hybridized carbons (Fsp3) is 0.0500. The molecule has 1 aliphatic carbocycles. The molecule has 9 rings (SSSR count). The molecule has 0 unspecified atom stereocenters. The maximum atomic E-state index is 5.22. The Morgan fingerprint density at radius 3 is 1.82 bits per heavy atom. The van der Waals surface area contributed by atoms with E-state index >= 15 is 0 Å². The van der Waals surface area contributed by atoms with Crippen molar-refractivity contribution >= 4 is 49.3 Å². The molecular weight excluding hydrogens is 536 g/mol. The Morgan fingerprint density at radius 2 is 1.09 bits per heavy atom. The minimum absolute atomic E-state index is 0.848. The van der Waals surface area contributed by atoms with E-state index in [1.807, 2.05) is 30.3 Å². The number of hydrogen-bond acceptors (Lipinski definition) is 2. The van der Waals surface area contributed by atoms with Crippen molar-refractivity contribution in [1.82, 2.24) is 19.1 Å². The number of allylic oxidation sites excluding steroid dienone is 4. The fourth-order valence-electron chi connectivity index (χ4n) is 6.89. The first-order valence-corrected chi connectivity index (χ1v) is 15.2. The molecule has 8 aromatic rings. The number of benzene rings is 4. The van der Waals surface area contributed by atoms with Crippen molar-refractivity contribution in [3.8, 4) is 28.5 Å². The first-order valence-electron chi connectivity index (χ1n) is 15.2. The second-order valence-electron chi connectivity index (χ2n) is 11.3. The normalized spacial score (nSPS) is 13.3. The summed E-state index contributed by atoms with van der Waals surface area (Å²) in [5, 5.41) is 5.05.